The van der Waals surface area contributed by atoms with Crippen LogP contribution in [0.2, 0.25) is 0 Å². The number of benzene rings is 1. The van der Waals surface area contributed by atoms with Crippen LogP contribution in [0.15, 0.2) is 18.2 Å². The number of carbonyl (C=O) groups is 1. The lowest BCUT2D eigenvalue weighted by Gasteiger charge is -2.22. The van der Waals surface area contributed by atoms with Crippen molar-refractivity contribution in [3.05, 3.63) is 33.1 Å². The normalized spacial score (nSPS) is 13.0. The Hall–Kier alpha value is -0.850. The molecule has 0 aliphatic carbocycles. The molecule has 0 radical (unpaired) electrons. The Bertz CT molecular complexity index is 443. The maximum atomic E-state index is 13.8. The van der Waals surface area contributed by atoms with E-state index in [1.165, 1.54) is 0 Å². The van der Waals surface area contributed by atoms with Gasteiger partial charge in [0.1, 0.15) is 11.9 Å². The first kappa shape index (κ1) is 15.2. The Morgan fingerprint density at radius 3 is 2.61 bits per heavy atom. The molecule has 3 nitrogen and oxygen atoms in total. The van der Waals surface area contributed by atoms with Gasteiger partial charge in [-0.1, -0.05) is 12.1 Å². The smallest absolute Gasteiger partial charge is 0.408 e. The van der Waals surface area contributed by atoms with Crippen molar-refractivity contribution in [2.75, 3.05) is 0 Å². The molecule has 1 aromatic rings. The van der Waals surface area contributed by atoms with Gasteiger partial charge in [-0.05, 0) is 56.4 Å². The molecule has 1 N–H and O–H groups in total. The molecule has 1 atom stereocenters. The van der Waals surface area contributed by atoms with E-state index >= 15 is 0 Å². The van der Waals surface area contributed by atoms with Gasteiger partial charge in [0.2, 0.25) is 0 Å². The number of hydrogen-bond donors (Lipinski definition) is 1. The van der Waals surface area contributed by atoms with Crippen LogP contribution in [0.3, 0.4) is 0 Å². The van der Waals surface area contributed by atoms with Crippen molar-refractivity contribution in [1.29, 1.82) is 0 Å². The van der Waals surface area contributed by atoms with Crippen molar-refractivity contribution >= 4 is 28.7 Å². The molecule has 0 saturated heterocycles. The van der Waals surface area contributed by atoms with Gasteiger partial charge in [-0.25, -0.2) is 9.18 Å². The lowest BCUT2D eigenvalue weighted by Crippen LogP contribution is -2.41. The highest BCUT2D eigenvalue weighted by Gasteiger charge is 2.20. The molecule has 0 spiro atoms. The van der Waals surface area contributed by atoms with Gasteiger partial charge in [0.15, 0.2) is 0 Å². The lowest BCUT2D eigenvalue weighted by molar-refractivity contribution is 0.0983. The van der Waals surface area contributed by atoms with E-state index in [2.05, 4.69) is 5.32 Å². The lowest BCUT2D eigenvalue weighted by atomic mass is 10.1. The topological polar surface area (TPSA) is 38.3 Å². The highest BCUT2D eigenvalue weighted by molar-refractivity contribution is 14.1. The fourth-order valence-corrected chi connectivity index (χ4v) is 1.91. The van der Waals surface area contributed by atoms with Crippen molar-refractivity contribution in [2.45, 2.75) is 39.3 Å². The minimum Gasteiger partial charge on any atom is -0.442 e. The molecular formula is C13H17FINO2. The third kappa shape index (κ3) is 4.44. The molecule has 0 unspecified atom stereocenters. The molecule has 5 heteroatoms. The van der Waals surface area contributed by atoms with Gasteiger partial charge in [0.05, 0.1) is 0 Å². The number of halogens is 2. The van der Waals surface area contributed by atoms with E-state index in [1.807, 2.05) is 43.4 Å². The van der Waals surface area contributed by atoms with Gasteiger partial charge in [-0.15, -0.1) is 0 Å². The first-order valence-electron chi connectivity index (χ1n) is 5.63. The molecule has 1 amide bonds. The molecule has 0 saturated carbocycles. The minimum atomic E-state index is -0.623. The second-order valence-electron chi connectivity index (χ2n) is 5.07. The van der Waals surface area contributed by atoms with Crippen molar-refractivity contribution in [3.63, 3.8) is 0 Å². The molecule has 100 valence electrons. The van der Waals surface area contributed by atoms with Crippen LogP contribution in [0.4, 0.5) is 9.18 Å². The second kappa shape index (κ2) is 5.86. The standard InChI is InChI=1S/C13H17FINO2/c1-8(18-12(17)16-13(2,3)4)9-6-5-7-10(15)11(9)14/h5-8H,1-4H3,(H,16,17)/t8-/m1/s1. The van der Waals surface area contributed by atoms with Crippen LogP contribution in [0.5, 0.6) is 0 Å². The van der Waals surface area contributed by atoms with E-state index in [1.54, 1.807) is 25.1 Å². The first-order valence-corrected chi connectivity index (χ1v) is 6.71. The minimum absolute atomic E-state index is 0.339. The van der Waals surface area contributed by atoms with Crippen LogP contribution in [0, 0.1) is 9.39 Å². The summed E-state index contributed by atoms with van der Waals surface area (Å²) in [4.78, 5) is 11.6. The molecule has 0 aromatic heterocycles. The summed E-state index contributed by atoms with van der Waals surface area (Å²) in [5.41, 5.74) is 0.00597. The summed E-state index contributed by atoms with van der Waals surface area (Å²) in [5, 5.41) is 2.67. The second-order valence-corrected chi connectivity index (χ2v) is 6.23. The largest absolute Gasteiger partial charge is 0.442 e. The number of carbonyl (C=O) groups excluding carboxylic acids is 1. The molecule has 0 fully saturated rings. The fourth-order valence-electron chi connectivity index (χ4n) is 1.39. The predicted molar refractivity (Wildman–Crippen MR) is 76.9 cm³/mol. The molecule has 0 heterocycles. The number of rotatable bonds is 2. The Kier molecular flexibility index (Phi) is 4.95. The van der Waals surface area contributed by atoms with Gasteiger partial charge < -0.3 is 10.1 Å². The number of ether oxygens (including phenoxy) is 1. The third-order valence-electron chi connectivity index (χ3n) is 2.18. The Morgan fingerprint density at radius 2 is 2.06 bits per heavy atom. The zero-order valence-corrected chi connectivity index (χ0v) is 13.0. The maximum absolute atomic E-state index is 13.8. The summed E-state index contributed by atoms with van der Waals surface area (Å²) in [6.07, 6.45) is -1.17. The number of alkyl carbamates (subject to hydrolysis) is 1. The van der Waals surface area contributed by atoms with Crippen LogP contribution in [-0.4, -0.2) is 11.6 Å². The van der Waals surface area contributed by atoms with Gasteiger partial charge in [0, 0.05) is 14.7 Å². The van der Waals surface area contributed by atoms with Gasteiger partial charge >= 0.3 is 6.09 Å². The van der Waals surface area contributed by atoms with Crippen LogP contribution >= 0.6 is 22.6 Å². The van der Waals surface area contributed by atoms with E-state index in [9.17, 15) is 9.18 Å². The van der Waals surface area contributed by atoms with E-state index in [0.717, 1.165) is 0 Å². The highest BCUT2D eigenvalue weighted by atomic mass is 127. The Morgan fingerprint density at radius 1 is 1.44 bits per heavy atom. The monoisotopic (exact) mass is 365 g/mol. The van der Waals surface area contributed by atoms with Crippen LogP contribution < -0.4 is 5.32 Å². The molecule has 1 aromatic carbocycles. The van der Waals surface area contributed by atoms with E-state index < -0.39 is 12.2 Å². The van der Waals surface area contributed by atoms with Crippen molar-refractivity contribution < 1.29 is 13.9 Å². The van der Waals surface area contributed by atoms with Gasteiger partial charge in [-0.2, -0.15) is 0 Å². The van der Waals surface area contributed by atoms with E-state index in [4.69, 9.17) is 4.74 Å². The molecule has 0 aliphatic heterocycles. The number of amides is 1. The maximum Gasteiger partial charge on any atom is 0.408 e. The van der Waals surface area contributed by atoms with Gasteiger partial charge in [0.25, 0.3) is 0 Å². The average Bonchev–Trinajstić information content (AvgIpc) is 2.18. The highest BCUT2D eigenvalue weighted by Crippen LogP contribution is 2.23. The van der Waals surface area contributed by atoms with E-state index in [0.29, 0.717) is 9.13 Å². The predicted octanol–water partition coefficient (Wildman–Crippen LogP) is 4.02. The molecule has 18 heavy (non-hydrogen) atoms. The summed E-state index contributed by atoms with van der Waals surface area (Å²) in [5.74, 6) is -0.339. The molecule has 0 aliphatic rings. The first-order chi connectivity index (χ1) is 8.20. The van der Waals surface area contributed by atoms with Crippen molar-refractivity contribution in [2.24, 2.45) is 0 Å². The summed E-state index contributed by atoms with van der Waals surface area (Å²) in [6, 6.07) is 5.02. The summed E-state index contributed by atoms with van der Waals surface area (Å²) in [7, 11) is 0. The van der Waals surface area contributed by atoms with Crippen LogP contribution in [0.25, 0.3) is 0 Å². The van der Waals surface area contributed by atoms with E-state index in [-0.39, 0.29) is 11.4 Å². The summed E-state index contributed by atoms with van der Waals surface area (Å²) < 4.78 is 19.5. The van der Waals surface area contributed by atoms with Crippen LogP contribution in [-0.2, 0) is 4.74 Å². The SMILES string of the molecule is C[C@@H](OC(=O)NC(C)(C)C)c1cccc(I)c1F. The summed E-state index contributed by atoms with van der Waals surface area (Å²) in [6.45, 7) is 7.21. The molecule has 0 bridgehead atoms. The fraction of sp³-hybridized carbons (Fsp3) is 0.462. The van der Waals surface area contributed by atoms with Crippen molar-refractivity contribution in [1.82, 2.24) is 5.32 Å². The number of nitrogens with one attached hydrogen (secondary N) is 1. The summed E-state index contributed by atoms with van der Waals surface area (Å²) >= 11 is 1.91. The number of hydrogen-bond acceptors (Lipinski definition) is 2. The molecule has 1 rings (SSSR count). The Balaban J connectivity index is 2.74. The zero-order valence-electron chi connectivity index (χ0n) is 10.9. The zero-order chi connectivity index (χ0) is 13.9. The molecular weight excluding hydrogens is 348 g/mol. The van der Waals surface area contributed by atoms with Crippen molar-refractivity contribution in [3.8, 4) is 0 Å². The average molecular weight is 365 g/mol. The third-order valence-corrected chi connectivity index (χ3v) is 3.01. The van der Waals surface area contributed by atoms with Gasteiger partial charge in [-0.3, -0.25) is 0 Å². The van der Waals surface area contributed by atoms with Crippen LogP contribution in [0.1, 0.15) is 39.4 Å². The Labute approximate surface area is 120 Å². The quantitative estimate of drug-likeness (QED) is 0.805.